The third-order valence-electron chi connectivity index (χ3n) is 6.89. The Morgan fingerprint density at radius 3 is 2.85 bits per heavy atom. The average Bonchev–Trinajstić information content (AvgIpc) is 3.41. The van der Waals surface area contributed by atoms with Crippen LogP contribution in [0.1, 0.15) is 51.3 Å². The Hall–Kier alpha value is -1.40. The van der Waals surface area contributed by atoms with Gasteiger partial charge >= 0.3 is 0 Å². The van der Waals surface area contributed by atoms with E-state index in [0.717, 1.165) is 71.0 Å². The third kappa shape index (κ3) is 4.21. The minimum absolute atomic E-state index is 0.133. The van der Waals surface area contributed by atoms with Gasteiger partial charge < -0.3 is 9.47 Å². The minimum atomic E-state index is 0.133. The highest BCUT2D eigenvalue weighted by Crippen LogP contribution is 2.35. The van der Waals surface area contributed by atoms with Crippen molar-refractivity contribution in [2.75, 3.05) is 39.8 Å². The SMILES string of the molecule is CCCn1ccnc1CN1CCN(C)[C@]2(CCC(=O)N(CC3CC3)CC2)C1. The second-order valence-corrected chi connectivity index (χ2v) is 8.93. The van der Waals surface area contributed by atoms with Gasteiger partial charge in [0.2, 0.25) is 5.91 Å². The Kier molecular flexibility index (Phi) is 5.55. The minimum Gasteiger partial charge on any atom is -0.342 e. The number of nitrogens with zero attached hydrogens (tertiary/aromatic N) is 5. The van der Waals surface area contributed by atoms with Crippen LogP contribution in [0, 0.1) is 5.92 Å². The molecule has 3 aliphatic rings. The number of carbonyl (C=O) groups excluding carboxylic acids is 1. The van der Waals surface area contributed by atoms with E-state index in [9.17, 15) is 4.79 Å². The third-order valence-corrected chi connectivity index (χ3v) is 6.89. The number of carbonyl (C=O) groups is 1. The van der Waals surface area contributed by atoms with Crippen molar-refractivity contribution in [3.63, 3.8) is 0 Å². The molecule has 1 amide bonds. The van der Waals surface area contributed by atoms with Crippen molar-refractivity contribution < 1.29 is 4.79 Å². The van der Waals surface area contributed by atoms with Crippen LogP contribution < -0.4 is 0 Å². The molecule has 4 rings (SSSR count). The van der Waals surface area contributed by atoms with E-state index in [1.165, 1.54) is 18.7 Å². The summed E-state index contributed by atoms with van der Waals surface area (Å²) in [5.74, 6) is 2.33. The molecular formula is C21H35N5O. The maximum absolute atomic E-state index is 12.6. The summed E-state index contributed by atoms with van der Waals surface area (Å²) < 4.78 is 2.29. The van der Waals surface area contributed by atoms with Gasteiger partial charge in [0, 0.05) is 63.6 Å². The molecule has 0 unspecified atom stereocenters. The molecule has 0 bridgehead atoms. The van der Waals surface area contributed by atoms with Gasteiger partial charge in [-0.15, -0.1) is 0 Å². The van der Waals surface area contributed by atoms with Crippen molar-refractivity contribution >= 4 is 5.91 Å². The summed E-state index contributed by atoms with van der Waals surface area (Å²) in [6.07, 6.45) is 10.6. The topological polar surface area (TPSA) is 44.6 Å². The predicted molar refractivity (Wildman–Crippen MR) is 106 cm³/mol. The molecule has 27 heavy (non-hydrogen) atoms. The Morgan fingerprint density at radius 2 is 2.07 bits per heavy atom. The van der Waals surface area contributed by atoms with Crippen molar-refractivity contribution in [3.05, 3.63) is 18.2 Å². The molecule has 1 saturated carbocycles. The fourth-order valence-corrected chi connectivity index (χ4v) is 4.85. The number of aromatic nitrogens is 2. The van der Waals surface area contributed by atoms with Crippen molar-refractivity contribution in [1.29, 1.82) is 0 Å². The highest BCUT2D eigenvalue weighted by Gasteiger charge is 2.43. The molecule has 150 valence electrons. The lowest BCUT2D eigenvalue weighted by molar-refractivity contribution is -0.131. The first-order valence-electron chi connectivity index (χ1n) is 10.8. The normalized spacial score (nSPS) is 28.1. The van der Waals surface area contributed by atoms with Gasteiger partial charge in [0.1, 0.15) is 5.82 Å². The number of hydrogen-bond donors (Lipinski definition) is 0. The van der Waals surface area contributed by atoms with Crippen LogP contribution in [0.15, 0.2) is 12.4 Å². The molecule has 0 aromatic carbocycles. The van der Waals surface area contributed by atoms with Crippen LogP contribution in [-0.2, 0) is 17.9 Å². The fourth-order valence-electron chi connectivity index (χ4n) is 4.85. The molecule has 1 aromatic heterocycles. The molecule has 6 heteroatoms. The number of piperazine rings is 1. The first-order valence-corrected chi connectivity index (χ1v) is 10.8. The second-order valence-electron chi connectivity index (χ2n) is 8.93. The molecule has 1 aliphatic carbocycles. The highest BCUT2D eigenvalue weighted by molar-refractivity contribution is 5.76. The lowest BCUT2D eigenvalue weighted by atomic mass is 9.86. The van der Waals surface area contributed by atoms with E-state index in [-0.39, 0.29) is 5.54 Å². The molecule has 1 spiro atoms. The average molecular weight is 374 g/mol. The van der Waals surface area contributed by atoms with Crippen molar-refractivity contribution in [2.24, 2.45) is 5.92 Å². The summed E-state index contributed by atoms with van der Waals surface area (Å²) in [7, 11) is 2.26. The summed E-state index contributed by atoms with van der Waals surface area (Å²) >= 11 is 0. The smallest absolute Gasteiger partial charge is 0.222 e. The molecule has 0 N–H and O–H groups in total. The van der Waals surface area contributed by atoms with Crippen LogP contribution in [-0.4, -0.2) is 75.5 Å². The number of rotatable bonds is 6. The highest BCUT2D eigenvalue weighted by atomic mass is 16.2. The number of likely N-dealkylation sites (N-methyl/N-ethyl adjacent to an activating group) is 1. The molecule has 1 atom stereocenters. The quantitative estimate of drug-likeness (QED) is 0.767. The maximum atomic E-state index is 12.6. The molecule has 2 saturated heterocycles. The van der Waals surface area contributed by atoms with Crippen LogP contribution in [0.2, 0.25) is 0 Å². The number of imidazole rings is 1. The van der Waals surface area contributed by atoms with Crippen LogP contribution in [0.3, 0.4) is 0 Å². The monoisotopic (exact) mass is 373 g/mol. The lowest BCUT2D eigenvalue weighted by Gasteiger charge is -2.49. The van der Waals surface area contributed by atoms with E-state index in [1.54, 1.807) is 0 Å². The fraction of sp³-hybridized carbons (Fsp3) is 0.810. The van der Waals surface area contributed by atoms with Crippen molar-refractivity contribution in [3.8, 4) is 0 Å². The van der Waals surface area contributed by atoms with E-state index in [4.69, 9.17) is 0 Å². The second kappa shape index (κ2) is 7.92. The zero-order valence-electron chi connectivity index (χ0n) is 17.1. The Morgan fingerprint density at radius 1 is 1.22 bits per heavy atom. The van der Waals surface area contributed by atoms with Gasteiger partial charge in [0.15, 0.2) is 0 Å². The Labute approximate surface area is 163 Å². The molecule has 3 fully saturated rings. The predicted octanol–water partition coefficient (Wildman–Crippen LogP) is 2.20. The molecule has 3 heterocycles. The largest absolute Gasteiger partial charge is 0.342 e. The van der Waals surface area contributed by atoms with Crippen LogP contribution in [0.5, 0.6) is 0 Å². The van der Waals surface area contributed by atoms with Gasteiger partial charge in [-0.05, 0) is 45.1 Å². The first-order chi connectivity index (χ1) is 13.1. The number of amides is 1. The Bertz CT molecular complexity index is 655. The summed E-state index contributed by atoms with van der Waals surface area (Å²) in [5.41, 5.74) is 0.133. The zero-order chi connectivity index (χ0) is 18.9. The van der Waals surface area contributed by atoms with Crippen LogP contribution >= 0.6 is 0 Å². The lowest BCUT2D eigenvalue weighted by Crippen LogP contribution is -2.60. The van der Waals surface area contributed by atoms with Crippen molar-refractivity contribution in [1.82, 2.24) is 24.3 Å². The maximum Gasteiger partial charge on any atom is 0.222 e. The molecular weight excluding hydrogens is 338 g/mol. The zero-order valence-corrected chi connectivity index (χ0v) is 17.1. The van der Waals surface area contributed by atoms with Crippen molar-refractivity contribution in [2.45, 2.75) is 64.1 Å². The number of aryl methyl sites for hydroxylation is 1. The van der Waals surface area contributed by atoms with E-state index in [0.29, 0.717) is 12.3 Å². The van der Waals surface area contributed by atoms with Gasteiger partial charge in [-0.3, -0.25) is 14.6 Å². The molecule has 0 radical (unpaired) electrons. The molecule has 6 nitrogen and oxygen atoms in total. The van der Waals surface area contributed by atoms with Gasteiger partial charge in [-0.25, -0.2) is 4.98 Å². The van der Waals surface area contributed by atoms with Gasteiger partial charge in [-0.1, -0.05) is 6.92 Å². The van der Waals surface area contributed by atoms with E-state index >= 15 is 0 Å². The summed E-state index contributed by atoms with van der Waals surface area (Å²) in [6.45, 7) is 9.30. The van der Waals surface area contributed by atoms with E-state index < -0.39 is 0 Å². The molecule has 2 aliphatic heterocycles. The summed E-state index contributed by atoms with van der Waals surface area (Å²) in [4.78, 5) is 24.5. The number of hydrogen-bond acceptors (Lipinski definition) is 4. The van der Waals surface area contributed by atoms with Crippen LogP contribution in [0.4, 0.5) is 0 Å². The first kappa shape index (κ1) is 18.9. The molecule has 1 aromatic rings. The van der Waals surface area contributed by atoms with E-state index in [1.807, 2.05) is 6.20 Å². The van der Waals surface area contributed by atoms with Gasteiger partial charge in [-0.2, -0.15) is 0 Å². The van der Waals surface area contributed by atoms with Crippen LogP contribution in [0.25, 0.3) is 0 Å². The summed E-state index contributed by atoms with van der Waals surface area (Å²) in [6, 6.07) is 0. The Balaban J connectivity index is 1.43. The standard InChI is InChI=1S/C21H35N5O/c1-3-10-25-12-9-22-19(25)16-24-14-13-23(2)21(17-24)7-6-20(27)26(11-8-21)15-18-4-5-18/h9,12,18H,3-8,10-11,13-17H2,1-2H3/t21-/m0/s1. The summed E-state index contributed by atoms with van der Waals surface area (Å²) in [5, 5.41) is 0. The van der Waals surface area contributed by atoms with E-state index in [2.05, 4.69) is 44.4 Å². The van der Waals surface area contributed by atoms with Gasteiger partial charge in [0.05, 0.1) is 6.54 Å². The van der Waals surface area contributed by atoms with Gasteiger partial charge in [0.25, 0.3) is 0 Å². The number of likely N-dealkylation sites (tertiary alicyclic amines) is 1.